The first kappa shape index (κ1) is 12.3. The molecule has 2 rings (SSSR count). The van der Waals surface area contributed by atoms with Crippen molar-refractivity contribution in [3.05, 3.63) is 69.4 Å². The fraction of sp³-hybridized carbons (Fsp3) is 0.143. The molecule has 0 saturated heterocycles. The van der Waals surface area contributed by atoms with Crippen LogP contribution in [0.3, 0.4) is 0 Å². The van der Waals surface area contributed by atoms with Gasteiger partial charge in [-0.2, -0.15) is 0 Å². The predicted octanol–water partition coefficient (Wildman–Crippen LogP) is 3.94. The Morgan fingerprint density at radius 3 is 2.59 bits per heavy atom. The van der Waals surface area contributed by atoms with Crippen molar-refractivity contribution in [2.24, 2.45) is 5.73 Å². The maximum Gasteiger partial charge on any atom is 0.124 e. The molecule has 2 aromatic rings. The molecule has 0 bridgehead atoms. The van der Waals surface area contributed by atoms with Crippen molar-refractivity contribution in [3.63, 3.8) is 0 Å². The Morgan fingerprint density at radius 1 is 1.18 bits per heavy atom. The van der Waals surface area contributed by atoms with E-state index in [1.807, 2.05) is 31.2 Å². The van der Waals surface area contributed by atoms with Gasteiger partial charge in [0.1, 0.15) is 5.82 Å². The Morgan fingerprint density at radius 2 is 1.94 bits per heavy atom. The third-order valence-corrected chi connectivity index (χ3v) is 3.39. The van der Waals surface area contributed by atoms with E-state index in [9.17, 15) is 4.39 Å². The zero-order valence-electron chi connectivity index (χ0n) is 9.45. The van der Waals surface area contributed by atoms with Crippen LogP contribution in [-0.2, 0) is 0 Å². The summed E-state index contributed by atoms with van der Waals surface area (Å²) < 4.78 is 13.7. The minimum atomic E-state index is -0.267. The Kier molecular flexibility index (Phi) is 3.60. The third kappa shape index (κ3) is 2.73. The van der Waals surface area contributed by atoms with Gasteiger partial charge in [-0.25, -0.2) is 4.39 Å². The second kappa shape index (κ2) is 4.98. The fourth-order valence-corrected chi connectivity index (χ4v) is 2.39. The molecule has 0 spiro atoms. The molecule has 0 heterocycles. The smallest absolute Gasteiger partial charge is 0.124 e. The van der Waals surface area contributed by atoms with Gasteiger partial charge in [0.05, 0.1) is 6.04 Å². The van der Waals surface area contributed by atoms with Crippen LogP contribution < -0.4 is 5.73 Å². The third-order valence-electron chi connectivity index (χ3n) is 2.70. The van der Waals surface area contributed by atoms with Crippen LogP contribution in [-0.4, -0.2) is 0 Å². The molecule has 2 N–H and O–H groups in total. The molecule has 0 aromatic heterocycles. The Labute approximate surface area is 109 Å². The lowest BCUT2D eigenvalue weighted by atomic mass is 9.98. The zero-order valence-corrected chi connectivity index (χ0v) is 11.0. The number of hydrogen-bond donors (Lipinski definition) is 1. The van der Waals surface area contributed by atoms with Gasteiger partial charge in [-0.3, -0.25) is 0 Å². The van der Waals surface area contributed by atoms with E-state index >= 15 is 0 Å². The normalized spacial score (nSPS) is 12.5. The van der Waals surface area contributed by atoms with Crippen molar-refractivity contribution in [3.8, 4) is 0 Å². The van der Waals surface area contributed by atoms with Gasteiger partial charge in [0, 0.05) is 4.47 Å². The van der Waals surface area contributed by atoms with Gasteiger partial charge < -0.3 is 5.73 Å². The van der Waals surface area contributed by atoms with Crippen molar-refractivity contribution in [1.82, 2.24) is 0 Å². The minimum Gasteiger partial charge on any atom is -0.320 e. The van der Waals surface area contributed by atoms with Crippen molar-refractivity contribution < 1.29 is 4.39 Å². The highest BCUT2D eigenvalue weighted by atomic mass is 79.9. The average Bonchev–Trinajstić information content (AvgIpc) is 2.28. The highest BCUT2D eigenvalue weighted by Gasteiger charge is 2.12. The number of benzene rings is 2. The van der Waals surface area contributed by atoms with Crippen LogP contribution in [0.1, 0.15) is 22.7 Å². The van der Waals surface area contributed by atoms with Crippen LogP contribution in [0.15, 0.2) is 46.9 Å². The molecule has 1 unspecified atom stereocenters. The number of aryl methyl sites for hydroxylation is 1. The molecule has 0 aliphatic carbocycles. The number of halogens is 2. The van der Waals surface area contributed by atoms with E-state index in [4.69, 9.17) is 5.73 Å². The molecule has 0 radical (unpaired) electrons. The maximum absolute atomic E-state index is 13.0. The van der Waals surface area contributed by atoms with E-state index < -0.39 is 0 Å². The molecule has 0 amide bonds. The van der Waals surface area contributed by atoms with E-state index in [-0.39, 0.29) is 11.9 Å². The van der Waals surface area contributed by atoms with Gasteiger partial charge in [-0.15, -0.1) is 0 Å². The van der Waals surface area contributed by atoms with Gasteiger partial charge in [0.2, 0.25) is 0 Å². The summed E-state index contributed by atoms with van der Waals surface area (Å²) in [5.41, 5.74) is 9.26. The number of hydrogen-bond acceptors (Lipinski definition) is 1. The van der Waals surface area contributed by atoms with Crippen LogP contribution in [0.2, 0.25) is 0 Å². The first-order chi connectivity index (χ1) is 8.08. The lowest BCUT2D eigenvalue weighted by Crippen LogP contribution is -2.12. The molecule has 0 aliphatic heterocycles. The number of nitrogens with two attached hydrogens (primary N) is 1. The lowest BCUT2D eigenvalue weighted by molar-refractivity contribution is 0.625. The molecule has 1 nitrogen and oxygen atoms in total. The van der Waals surface area contributed by atoms with E-state index in [2.05, 4.69) is 15.9 Å². The Hall–Kier alpha value is -1.19. The average molecular weight is 294 g/mol. The first-order valence-electron chi connectivity index (χ1n) is 5.35. The second-order valence-corrected chi connectivity index (χ2v) is 4.91. The van der Waals surface area contributed by atoms with Crippen LogP contribution >= 0.6 is 15.9 Å². The summed E-state index contributed by atoms with van der Waals surface area (Å²) in [5, 5.41) is 0. The largest absolute Gasteiger partial charge is 0.320 e. The first-order valence-corrected chi connectivity index (χ1v) is 6.14. The summed E-state index contributed by atoms with van der Waals surface area (Å²) in [6, 6.07) is 12.4. The molecule has 1 atom stereocenters. The van der Waals surface area contributed by atoms with E-state index in [0.29, 0.717) is 4.47 Å². The topological polar surface area (TPSA) is 26.0 Å². The van der Waals surface area contributed by atoms with Crippen LogP contribution in [0.25, 0.3) is 0 Å². The predicted molar refractivity (Wildman–Crippen MR) is 71.3 cm³/mol. The van der Waals surface area contributed by atoms with Gasteiger partial charge in [-0.05, 0) is 30.2 Å². The summed E-state index contributed by atoms with van der Waals surface area (Å²) in [7, 11) is 0. The zero-order chi connectivity index (χ0) is 12.4. The summed E-state index contributed by atoms with van der Waals surface area (Å²) >= 11 is 3.34. The van der Waals surface area contributed by atoms with Crippen molar-refractivity contribution in [2.45, 2.75) is 13.0 Å². The van der Waals surface area contributed by atoms with Crippen LogP contribution in [0, 0.1) is 12.7 Å². The van der Waals surface area contributed by atoms with Crippen LogP contribution in [0.5, 0.6) is 0 Å². The summed E-state index contributed by atoms with van der Waals surface area (Å²) in [6.07, 6.45) is 0. The van der Waals surface area contributed by atoms with Gasteiger partial charge in [0.15, 0.2) is 0 Å². The van der Waals surface area contributed by atoms with E-state index in [0.717, 1.165) is 16.7 Å². The second-order valence-electron chi connectivity index (χ2n) is 4.06. The van der Waals surface area contributed by atoms with E-state index in [1.54, 1.807) is 6.07 Å². The molecule has 2 aromatic carbocycles. The quantitative estimate of drug-likeness (QED) is 0.892. The number of rotatable bonds is 2. The molecular weight excluding hydrogens is 281 g/mol. The van der Waals surface area contributed by atoms with Crippen molar-refractivity contribution >= 4 is 15.9 Å². The molecular formula is C14H13BrFN. The minimum absolute atomic E-state index is 0.245. The monoisotopic (exact) mass is 293 g/mol. The van der Waals surface area contributed by atoms with Gasteiger partial charge in [0.25, 0.3) is 0 Å². The van der Waals surface area contributed by atoms with E-state index in [1.165, 1.54) is 12.1 Å². The Balaban J connectivity index is 2.40. The maximum atomic E-state index is 13.0. The molecule has 0 aliphatic rings. The van der Waals surface area contributed by atoms with Crippen molar-refractivity contribution in [2.75, 3.05) is 0 Å². The summed E-state index contributed by atoms with van der Waals surface area (Å²) in [5.74, 6) is -0.267. The highest BCUT2D eigenvalue weighted by molar-refractivity contribution is 9.10. The SMILES string of the molecule is Cc1cccc(C(N)c2ccc(F)cc2Br)c1. The highest BCUT2D eigenvalue weighted by Crippen LogP contribution is 2.27. The summed E-state index contributed by atoms with van der Waals surface area (Å²) in [4.78, 5) is 0. The molecule has 3 heteroatoms. The standard InChI is InChI=1S/C14H13BrFN/c1-9-3-2-4-10(7-9)14(17)12-6-5-11(16)8-13(12)15/h2-8,14H,17H2,1H3. The molecule has 0 fully saturated rings. The van der Waals surface area contributed by atoms with Gasteiger partial charge in [-0.1, -0.05) is 51.8 Å². The fourth-order valence-electron chi connectivity index (χ4n) is 1.80. The molecule has 0 saturated carbocycles. The van der Waals surface area contributed by atoms with Crippen molar-refractivity contribution in [1.29, 1.82) is 0 Å². The molecule has 17 heavy (non-hydrogen) atoms. The summed E-state index contributed by atoms with van der Waals surface area (Å²) in [6.45, 7) is 2.02. The Bertz CT molecular complexity index is 539. The lowest BCUT2D eigenvalue weighted by Gasteiger charge is -2.15. The van der Waals surface area contributed by atoms with Gasteiger partial charge >= 0.3 is 0 Å². The molecule has 88 valence electrons. The van der Waals surface area contributed by atoms with Crippen LogP contribution in [0.4, 0.5) is 4.39 Å².